The first-order valence-electron chi connectivity index (χ1n) is 26.4. The maximum atomic E-state index is 14.9. The fourth-order valence-electron chi connectivity index (χ4n) is 11.0. The SMILES string of the molecule is Cc1nc([C@@H]2O[C@@H]3COC(c4ccccc4)O[C@@H]3[C@H](n3cc(-c4cc(F)c(Cl)c(F)c4)nn3)[C@H]2OCC(=O)NC2CC(Oc3ccc(C(=O)Nc4ccc5c(c4)CN(C4CCC(=O)NC4=O)C5=O)cc3)C2)n(-c2cc(Cl)ccc2C(F)(F)F)n1. The second kappa shape index (κ2) is 22.8. The number of piperidine rings is 1. The summed E-state index contributed by atoms with van der Waals surface area (Å²) >= 11 is 12.1. The van der Waals surface area contributed by atoms with E-state index in [2.05, 4.69) is 36.3 Å². The van der Waals surface area contributed by atoms with Crippen molar-refractivity contribution in [2.24, 2.45) is 0 Å². The normalized spacial score (nSPS) is 24.0. The van der Waals surface area contributed by atoms with Gasteiger partial charge < -0.3 is 39.2 Å². The highest BCUT2D eigenvalue weighted by Gasteiger charge is 2.54. The van der Waals surface area contributed by atoms with E-state index in [4.69, 9.17) is 46.9 Å². The van der Waals surface area contributed by atoms with Crippen molar-refractivity contribution in [3.63, 3.8) is 0 Å². The number of nitrogens with zero attached hydrogens (tertiary/aromatic N) is 7. The number of benzene rings is 5. The number of hydrogen-bond donors (Lipinski definition) is 3. The van der Waals surface area contributed by atoms with Gasteiger partial charge in [0, 0.05) is 64.8 Å². The molecule has 0 bridgehead atoms. The number of carbonyl (C=O) groups is 5. The van der Waals surface area contributed by atoms with Gasteiger partial charge >= 0.3 is 6.18 Å². The summed E-state index contributed by atoms with van der Waals surface area (Å²) in [5.41, 5.74) is 0.755. The van der Waals surface area contributed by atoms with E-state index in [-0.39, 0.29) is 77.9 Å². The fourth-order valence-corrected chi connectivity index (χ4v) is 11.3. The first-order chi connectivity index (χ1) is 40.3. The summed E-state index contributed by atoms with van der Waals surface area (Å²) in [7, 11) is 0. The van der Waals surface area contributed by atoms with Crippen molar-refractivity contribution in [2.75, 3.05) is 18.5 Å². The van der Waals surface area contributed by atoms with Gasteiger partial charge in [0.1, 0.15) is 83.1 Å². The number of amides is 5. The molecule has 434 valence electrons. The van der Waals surface area contributed by atoms with E-state index in [0.717, 1.165) is 35.0 Å². The largest absolute Gasteiger partial charge is 0.490 e. The lowest BCUT2D eigenvalue weighted by molar-refractivity contribution is -0.322. The van der Waals surface area contributed by atoms with Gasteiger partial charge in [0.25, 0.3) is 11.8 Å². The van der Waals surface area contributed by atoms with Crippen molar-refractivity contribution in [3.05, 3.63) is 170 Å². The third kappa shape index (κ3) is 11.3. The minimum Gasteiger partial charge on any atom is -0.490 e. The van der Waals surface area contributed by atoms with E-state index >= 15 is 0 Å². The van der Waals surface area contributed by atoms with Crippen LogP contribution in [0.2, 0.25) is 10.0 Å². The molecule has 7 atom stereocenters. The highest BCUT2D eigenvalue weighted by atomic mass is 35.5. The van der Waals surface area contributed by atoms with E-state index in [9.17, 15) is 45.9 Å². The number of nitrogens with one attached hydrogen (secondary N) is 3. The molecule has 5 aromatic carbocycles. The van der Waals surface area contributed by atoms with Crippen molar-refractivity contribution in [1.29, 1.82) is 0 Å². The minimum atomic E-state index is -4.89. The third-order valence-corrected chi connectivity index (χ3v) is 15.7. The van der Waals surface area contributed by atoms with Crippen LogP contribution in [0.1, 0.15) is 93.2 Å². The predicted octanol–water partition coefficient (Wildman–Crippen LogP) is 8.36. The van der Waals surface area contributed by atoms with Crippen LogP contribution < -0.4 is 20.7 Å². The number of ether oxygens (including phenoxy) is 5. The van der Waals surface area contributed by atoms with Gasteiger partial charge in [0.15, 0.2) is 12.1 Å². The van der Waals surface area contributed by atoms with Crippen LogP contribution in [0, 0.1) is 18.6 Å². The third-order valence-electron chi connectivity index (χ3n) is 15.1. The number of fused-ring (bicyclic) bond motifs is 2. The highest BCUT2D eigenvalue weighted by molar-refractivity contribution is 6.31. The Kier molecular flexibility index (Phi) is 15.2. The van der Waals surface area contributed by atoms with Crippen LogP contribution in [-0.4, -0.2) is 114 Å². The van der Waals surface area contributed by atoms with Crippen LogP contribution in [0.5, 0.6) is 5.75 Å². The van der Waals surface area contributed by atoms with Gasteiger partial charge in [-0.1, -0.05) is 58.7 Å². The first kappa shape index (κ1) is 56.3. The lowest BCUT2D eigenvalue weighted by Crippen LogP contribution is -2.58. The van der Waals surface area contributed by atoms with Crippen LogP contribution in [-0.2, 0) is 46.1 Å². The van der Waals surface area contributed by atoms with Crippen molar-refractivity contribution >= 4 is 58.4 Å². The molecule has 27 heteroatoms. The molecule has 7 aromatic rings. The second-order valence-corrected chi connectivity index (χ2v) is 21.5. The zero-order valence-corrected chi connectivity index (χ0v) is 45.4. The number of imide groups is 1. The van der Waals surface area contributed by atoms with Gasteiger partial charge in [0.05, 0.1) is 24.1 Å². The average Bonchev–Trinajstić information content (AvgIpc) is 2.01. The smallest absolute Gasteiger partial charge is 0.418 e. The maximum absolute atomic E-state index is 14.9. The summed E-state index contributed by atoms with van der Waals surface area (Å²) < 4.78 is 108. The summed E-state index contributed by atoms with van der Waals surface area (Å²) in [6, 6.07) is 22.8. The molecule has 0 spiro atoms. The van der Waals surface area contributed by atoms with E-state index in [1.54, 1.807) is 72.8 Å². The first-order valence-corrected chi connectivity index (χ1v) is 27.2. The molecule has 12 rings (SSSR count). The molecule has 5 aliphatic rings. The van der Waals surface area contributed by atoms with Crippen molar-refractivity contribution in [2.45, 2.75) is 100 Å². The summed E-state index contributed by atoms with van der Waals surface area (Å²) in [5.74, 6) is -4.09. The summed E-state index contributed by atoms with van der Waals surface area (Å²) in [4.78, 5) is 70.6. The Balaban J connectivity index is 0.754. The quantitative estimate of drug-likeness (QED) is 0.0528. The molecule has 1 saturated carbocycles. The molecule has 2 unspecified atom stereocenters. The summed E-state index contributed by atoms with van der Waals surface area (Å²) in [5, 5.41) is 20.2. The topological polar surface area (TPSA) is 232 Å². The van der Waals surface area contributed by atoms with Crippen LogP contribution in [0.4, 0.5) is 27.6 Å². The Morgan fingerprint density at radius 3 is 2.42 bits per heavy atom. The van der Waals surface area contributed by atoms with Crippen molar-refractivity contribution < 1.29 is 69.6 Å². The lowest BCUT2D eigenvalue weighted by Gasteiger charge is -2.49. The predicted molar refractivity (Wildman–Crippen MR) is 285 cm³/mol. The zero-order chi connectivity index (χ0) is 58.7. The molecule has 5 amide bonds. The van der Waals surface area contributed by atoms with E-state index in [1.807, 2.05) is 0 Å². The minimum absolute atomic E-state index is 0.0155. The van der Waals surface area contributed by atoms with E-state index in [1.165, 1.54) is 22.7 Å². The van der Waals surface area contributed by atoms with Crippen LogP contribution >= 0.6 is 23.2 Å². The molecule has 0 radical (unpaired) electrons. The molecule has 20 nitrogen and oxygen atoms in total. The van der Waals surface area contributed by atoms with Crippen LogP contribution in [0.3, 0.4) is 0 Å². The van der Waals surface area contributed by atoms with Gasteiger partial charge in [-0.05, 0) is 91.7 Å². The molecule has 1 aliphatic carbocycles. The Hall–Kier alpha value is -8.20. The molecule has 3 N–H and O–H groups in total. The number of aromatic nitrogens is 6. The molecule has 4 aliphatic heterocycles. The average molecular weight is 1200 g/mol. The number of halogens is 7. The number of carbonyl (C=O) groups excluding carboxylic acids is 5. The molecule has 3 saturated heterocycles. The van der Waals surface area contributed by atoms with Gasteiger partial charge in [0.2, 0.25) is 17.7 Å². The van der Waals surface area contributed by atoms with Gasteiger partial charge in [-0.15, -0.1) is 5.10 Å². The number of hydrogen-bond acceptors (Lipinski definition) is 14. The zero-order valence-electron chi connectivity index (χ0n) is 43.9. The number of alkyl halides is 3. The Morgan fingerprint density at radius 1 is 0.917 bits per heavy atom. The summed E-state index contributed by atoms with van der Waals surface area (Å²) in [6.45, 7) is 0.814. The molecular formula is C57H47Cl2F5N10O10. The number of aryl methyl sites for hydroxylation is 1. The molecule has 2 aromatic heterocycles. The Bertz CT molecular complexity index is 3710. The standard InChI is InChI=1S/C57H47Cl2F5N10O10/c1-27-65-52(74(70-27)43-20-32(58)9-14-38(43)57(62,63)64)51-50(48(49-44(83-51)25-81-56(84-49)29-5-3-2-4-6-29)73-24-41(69-71-73)30-18-39(60)47(59)40(61)19-30)80-26-46(76)66-34-21-36(22-34)82-35-11-7-28(8-12-35)53(77)67-33-10-13-37-31(17-33)23-72(55(37)79)42-15-16-45(75)68-54(42)78/h2-14,17-20,24,34,36,42,44,48-51,56H,15-16,21-23,25-26H2,1H3,(H,66,76)(H,67,77)(H,68,75,78)/t34?,36?,42?,44-,48+,49+,50-,51-,56?/m1/s1. The van der Waals surface area contributed by atoms with Crippen molar-refractivity contribution in [3.8, 4) is 22.7 Å². The Morgan fingerprint density at radius 2 is 1.68 bits per heavy atom. The van der Waals surface area contributed by atoms with Crippen molar-refractivity contribution in [1.82, 2.24) is 45.3 Å². The monoisotopic (exact) mass is 1200 g/mol. The van der Waals surface area contributed by atoms with Crippen LogP contribution in [0.15, 0.2) is 109 Å². The fraction of sp³-hybridized carbons (Fsp3) is 0.316. The molecule has 6 heterocycles. The highest BCUT2D eigenvalue weighted by Crippen LogP contribution is 2.47. The van der Waals surface area contributed by atoms with Gasteiger partial charge in [-0.2, -0.15) is 18.3 Å². The van der Waals surface area contributed by atoms with Gasteiger partial charge in [-0.25, -0.2) is 23.1 Å². The summed E-state index contributed by atoms with van der Waals surface area (Å²) in [6.07, 6.45) is -8.71. The second-order valence-electron chi connectivity index (χ2n) is 20.7. The Labute approximate surface area is 483 Å². The van der Waals surface area contributed by atoms with E-state index in [0.29, 0.717) is 46.5 Å². The maximum Gasteiger partial charge on any atom is 0.418 e. The number of anilines is 1. The lowest BCUT2D eigenvalue weighted by atomic mass is 9.89. The van der Waals surface area contributed by atoms with Crippen LogP contribution in [0.25, 0.3) is 16.9 Å². The molecular weight excluding hydrogens is 1150 g/mol. The van der Waals surface area contributed by atoms with Gasteiger partial charge in [-0.3, -0.25) is 29.3 Å². The molecule has 4 fully saturated rings. The van der Waals surface area contributed by atoms with E-state index < -0.39 is 101 Å². The molecule has 84 heavy (non-hydrogen) atoms. The number of rotatable bonds is 14.